The fraction of sp³-hybridized carbons (Fsp3) is 0.688. The molecule has 0 saturated carbocycles. The van der Waals surface area contributed by atoms with Crippen LogP contribution in [0, 0.1) is 5.92 Å². The number of allylic oxidation sites excluding steroid dienone is 2. The van der Waals surface area contributed by atoms with Gasteiger partial charge in [-0.2, -0.15) is 0 Å². The van der Waals surface area contributed by atoms with Gasteiger partial charge in [0.25, 0.3) is 0 Å². The van der Waals surface area contributed by atoms with Crippen LogP contribution < -0.4 is 0 Å². The van der Waals surface area contributed by atoms with E-state index in [0.29, 0.717) is 0 Å². The maximum absolute atomic E-state index is 4.56. The molecule has 2 heteroatoms. The van der Waals surface area contributed by atoms with Gasteiger partial charge in [-0.3, -0.25) is 0 Å². The molecule has 0 aliphatic carbocycles. The van der Waals surface area contributed by atoms with Crippen LogP contribution in [0.3, 0.4) is 0 Å². The molecule has 0 atom stereocenters. The molecule has 0 unspecified atom stereocenters. The summed E-state index contributed by atoms with van der Waals surface area (Å²) in [6.45, 7) is 13.7. The minimum atomic E-state index is 0.809. The monoisotopic (exact) mass is 250 g/mol. The molecule has 0 amide bonds. The summed E-state index contributed by atoms with van der Waals surface area (Å²) >= 11 is 0. The van der Waals surface area contributed by atoms with Crippen LogP contribution >= 0.6 is 0 Å². The Hall–Kier alpha value is -1.05. The maximum atomic E-state index is 4.56. The lowest BCUT2D eigenvalue weighted by Gasteiger charge is -2.20. The van der Waals surface area contributed by atoms with Crippen molar-refractivity contribution in [3.8, 4) is 0 Å². The molecule has 0 heterocycles. The first-order valence-corrected chi connectivity index (χ1v) is 7.11. The van der Waals surface area contributed by atoms with E-state index >= 15 is 0 Å². The summed E-state index contributed by atoms with van der Waals surface area (Å²) in [5.41, 5.74) is 0.836. The third-order valence-electron chi connectivity index (χ3n) is 2.91. The zero-order valence-corrected chi connectivity index (χ0v) is 12.9. The number of rotatable bonds is 8. The molecule has 2 nitrogen and oxygen atoms in total. The van der Waals surface area contributed by atoms with Gasteiger partial charge in [0, 0.05) is 20.0 Å². The Labute approximate surface area is 113 Å². The highest BCUT2D eigenvalue weighted by Crippen LogP contribution is 2.08. The van der Waals surface area contributed by atoms with E-state index < -0.39 is 0 Å². The average Bonchev–Trinajstić information content (AvgIpc) is 2.31. The van der Waals surface area contributed by atoms with Gasteiger partial charge in [0.2, 0.25) is 0 Å². The molecule has 0 aliphatic rings. The van der Waals surface area contributed by atoms with Crippen LogP contribution in [0.2, 0.25) is 0 Å². The van der Waals surface area contributed by atoms with Crippen LogP contribution in [-0.4, -0.2) is 24.3 Å². The smallest absolute Gasteiger partial charge is 0.104 e. The summed E-state index contributed by atoms with van der Waals surface area (Å²) in [6, 6.07) is 0. The Bertz CT molecular complexity index is 287. The summed E-state index contributed by atoms with van der Waals surface area (Å²) in [6.07, 6.45) is 8.73. The van der Waals surface area contributed by atoms with Gasteiger partial charge in [-0.1, -0.05) is 46.3 Å². The molecule has 0 bridgehead atoms. The molecule has 0 rings (SSSR count). The molecule has 0 fully saturated rings. The average molecular weight is 250 g/mol. The van der Waals surface area contributed by atoms with Crippen molar-refractivity contribution in [1.82, 2.24) is 4.90 Å². The second-order valence-corrected chi connectivity index (χ2v) is 5.18. The van der Waals surface area contributed by atoms with Crippen molar-refractivity contribution >= 4 is 5.84 Å². The van der Waals surface area contributed by atoms with Crippen LogP contribution in [0.1, 0.15) is 53.4 Å². The molecule has 0 aromatic heterocycles. The Balaban J connectivity index is 4.18. The summed E-state index contributed by atoms with van der Waals surface area (Å²) in [5, 5.41) is 0. The summed E-state index contributed by atoms with van der Waals surface area (Å²) in [5.74, 6) is 1.94. The van der Waals surface area contributed by atoms with E-state index in [1.54, 1.807) is 0 Å². The molecular formula is C16H30N2. The minimum absolute atomic E-state index is 0.809. The molecule has 0 aromatic carbocycles. The summed E-state index contributed by atoms with van der Waals surface area (Å²) < 4.78 is 0. The van der Waals surface area contributed by atoms with Crippen molar-refractivity contribution in [3.05, 3.63) is 24.4 Å². The molecule has 18 heavy (non-hydrogen) atoms. The van der Waals surface area contributed by atoms with E-state index in [0.717, 1.165) is 30.4 Å². The van der Waals surface area contributed by atoms with Crippen LogP contribution in [0.5, 0.6) is 0 Å². The van der Waals surface area contributed by atoms with Gasteiger partial charge >= 0.3 is 0 Å². The Morgan fingerprint density at radius 1 is 1.33 bits per heavy atom. The Morgan fingerprint density at radius 3 is 2.50 bits per heavy atom. The summed E-state index contributed by atoms with van der Waals surface area (Å²) in [7, 11) is 2.13. The van der Waals surface area contributed by atoms with Crippen LogP contribution in [-0.2, 0) is 0 Å². The van der Waals surface area contributed by atoms with Gasteiger partial charge in [0.15, 0.2) is 0 Å². The number of unbranched alkanes of at least 4 members (excludes halogenated alkanes) is 1. The highest BCUT2D eigenvalue weighted by Gasteiger charge is 2.04. The predicted octanol–water partition coefficient (Wildman–Crippen LogP) is 4.64. The Kier molecular flexibility index (Phi) is 9.35. The summed E-state index contributed by atoms with van der Waals surface area (Å²) in [4.78, 5) is 6.82. The second-order valence-electron chi connectivity index (χ2n) is 5.18. The molecule has 104 valence electrons. The van der Waals surface area contributed by atoms with E-state index in [1.165, 1.54) is 19.3 Å². The first-order chi connectivity index (χ1) is 8.51. The maximum Gasteiger partial charge on any atom is 0.104 e. The van der Waals surface area contributed by atoms with Crippen LogP contribution in [0.25, 0.3) is 0 Å². The second kappa shape index (κ2) is 9.93. The minimum Gasteiger partial charge on any atom is -0.363 e. The van der Waals surface area contributed by atoms with Gasteiger partial charge < -0.3 is 4.90 Å². The largest absolute Gasteiger partial charge is 0.363 e. The fourth-order valence-electron chi connectivity index (χ4n) is 1.86. The fourth-order valence-corrected chi connectivity index (χ4v) is 1.86. The predicted molar refractivity (Wildman–Crippen MR) is 83.0 cm³/mol. The van der Waals surface area contributed by atoms with Crippen molar-refractivity contribution in [2.24, 2.45) is 10.9 Å². The normalized spacial score (nSPS) is 12.4. The van der Waals surface area contributed by atoms with Gasteiger partial charge in [0.05, 0.1) is 5.70 Å². The topological polar surface area (TPSA) is 15.6 Å². The van der Waals surface area contributed by atoms with Crippen molar-refractivity contribution in [1.29, 1.82) is 0 Å². The zero-order valence-electron chi connectivity index (χ0n) is 12.9. The van der Waals surface area contributed by atoms with Gasteiger partial charge in [0.1, 0.15) is 5.84 Å². The van der Waals surface area contributed by atoms with Crippen LogP contribution in [0.4, 0.5) is 0 Å². The lowest BCUT2D eigenvalue weighted by atomic mass is 10.1. The SMILES string of the molecule is C=C(/C=C\C)/N=C(\CC)N(C)CCCCC(C)C. The third-order valence-corrected chi connectivity index (χ3v) is 2.91. The molecule has 0 aromatic rings. The van der Waals surface area contributed by atoms with Crippen molar-refractivity contribution in [2.45, 2.75) is 53.4 Å². The molecule has 0 N–H and O–H groups in total. The quantitative estimate of drug-likeness (QED) is 0.265. The molecule has 0 radical (unpaired) electrons. The first-order valence-electron chi connectivity index (χ1n) is 7.11. The van der Waals surface area contributed by atoms with E-state index in [2.05, 4.69) is 44.3 Å². The highest BCUT2D eigenvalue weighted by molar-refractivity contribution is 5.82. The number of aliphatic imine (C=N–C) groups is 1. The van der Waals surface area contributed by atoms with E-state index in [1.807, 2.05) is 19.1 Å². The zero-order chi connectivity index (χ0) is 14.0. The molecule has 0 aliphatic heterocycles. The van der Waals surface area contributed by atoms with Crippen molar-refractivity contribution in [2.75, 3.05) is 13.6 Å². The number of nitrogens with zero attached hydrogens (tertiary/aromatic N) is 2. The lowest BCUT2D eigenvalue weighted by molar-refractivity contribution is 0.445. The van der Waals surface area contributed by atoms with Gasteiger partial charge in [-0.05, 0) is 25.3 Å². The highest BCUT2D eigenvalue weighted by atomic mass is 15.2. The standard InChI is InChI=1S/C16H30N2/c1-7-11-15(5)17-16(8-2)18(6)13-10-9-12-14(3)4/h7,11,14H,5,8-10,12-13H2,1-4,6H3/b11-7-,17-16+. The van der Waals surface area contributed by atoms with Crippen molar-refractivity contribution < 1.29 is 0 Å². The molecule has 0 saturated heterocycles. The van der Waals surface area contributed by atoms with Crippen LogP contribution in [0.15, 0.2) is 29.4 Å². The number of hydrogen-bond donors (Lipinski definition) is 0. The Morgan fingerprint density at radius 2 is 2.00 bits per heavy atom. The van der Waals surface area contributed by atoms with Gasteiger partial charge in [-0.25, -0.2) is 4.99 Å². The van der Waals surface area contributed by atoms with E-state index in [9.17, 15) is 0 Å². The number of hydrogen-bond acceptors (Lipinski definition) is 1. The lowest BCUT2D eigenvalue weighted by Crippen LogP contribution is -2.27. The third kappa shape index (κ3) is 8.10. The number of amidine groups is 1. The van der Waals surface area contributed by atoms with E-state index in [-0.39, 0.29) is 0 Å². The molecular weight excluding hydrogens is 220 g/mol. The van der Waals surface area contributed by atoms with E-state index in [4.69, 9.17) is 0 Å². The van der Waals surface area contributed by atoms with Gasteiger partial charge in [-0.15, -0.1) is 0 Å². The molecule has 0 spiro atoms. The first kappa shape index (κ1) is 16.9. The van der Waals surface area contributed by atoms with Crippen molar-refractivity contribution in [3.63, 3.8) is 0 Å².